The van der Waals surface area contributed by atoms with E-state index >= 15 is 0 Å². The van der Waals surface area contributed by atoms with E-state index in [1.54, 1.807) is 6.07 Å². The lowest BCUT2D eigenvalue weighted by Crippen LogP contribution is -2.24. The molecule has 7 heteroatoms. The highest BCUT2D eigenvalue weighted by atomic mass is 16.5. The van der Waals surface area contributed by atoms with E-state index in [0.29, 0.717) is 5.82 Å². The average Bonchev–Trinajstić information content (AvgIpc) is 2.36. The molecule has 94 valence electrons. The molecule has 7 nitrogen and oxygen atoms in total. The van der Waals surface area contributed by atoms with Crippen molar-refractivity contribution in [2.24, 2.45) is 0 Å². The van der Waals surface area contributed by atoms with Gasteiger partial charge in [0.25, 0.3) is 0 Å². The molecule has 0 saturated heterocycles. The molecule has 0 aromatic carbocycles. The maximum Gasteiger partial charge on any atom is 0.376 e. The second kappa shape index (κ2) is 6.77. The minimum atomic E-state index is -0.642. The average molecular weight is 241 g/mol. The zero-order valence-corrected chi connectivity index (χ0v) is 9.71. The van der Waals surface area contributed by atoms with Gasteiger partial charge in [0.05, 0.1) is 19.8 Å². The number of carbonyl (C=O) groups excluding carboxylic acids is 1. The summed E-state index contributed by atoms with van der Waals surface area (Å²) in [6.07, 6.45) is 0.793. The summed E-state index contributed by atoms with van der Waals surface area (Å²) in [4.78, 5) is 18.8. The van der Waals surface area contributed by atoms with Crippen LogP contribution < -0.4 is 5.32 Å². The van der Waals surface area contributed by atoms with E-state index < -0.39 is 12.1 Å². The Morgan fingerprint density at radius 1 is 1.59 bits per heavy atom. The van der Waals surface area contributed by atoms with Crippen molar-refractivity contribution in [1.82, 2.24) is 9.97 Å². The predicted molar refractivity (Wildman–Crippen MR) is 59.7 cm³/mol. The minimum absolute atomic E-state index is 0.0290. The summed E-state index contributed by atoms with van der Waals surface area (Å²) < 4.78 is 9.27. The molecule has 1 rings (SSSR count). The number of esters is 1. The van der Waals surface area contributed by atoms with Gasteiger partial charge < -0.3 is 19.9 Å². The van der Waals surface area contributed by atoms with Crippen molar-refractivity contribution in [2.45, 2.75) is 6.10 Å². The van der Waals surface area contributed by atoms with Crippen LogP contribution in [0.3, 0.4) is 0 Å². The maximum atomic E-state index is 11.2. The number of ether oxygens (including phenoxy) is 2. The molecule has 0 aliphatic rings. The summed E-state index contributed by atoms with van der Waals surface area (Å²) in [5.41, 5.74) is 0. The van der Waals surface area contributed by atoms with Gasteiger partial charge in [0.15, 0.2) is 0 Å². The topological polar surface area (TPSA) is 93.6 Å². The maximum absolute atomic E-state index is 11.2. The number of anilines is 1. The molecule has 1 unspecified atom stereocenters. The number of rotatable bonds is 6. The number of carbonyl (C=O) groups is 1. The van der Waals surface area contributed by atoms with Crippen molar-refractivity contribution in [3.63, 3.8) is 0 Å². The second-order valence-corrected chi connectivity index (χ2v) is 3.25. The lowest BCUT2D eigenvalue weighted by atomic mass is 10.4. The summed E-state index contributed by atoms with van der Waals surface area (Å²) in [6, 6.07) is 1.59. The summed E-state index contributed by atoms with van der Waals surface area (Å²) in [5.74, 6) is -0.194. The van der Waals surface area contributed by atoms with Crippen LogP contribution in [-0.4, -0.2) is 54.5 Å². The third-order valence-electron chi connectivity index (χ3n) is 1.90. The minimum Gasteiger partial charge on any atom is -0.463 e. The number of aliphatic hydroxyl groups excluding tert-OH is 1. The van der Waals surface area contributed by atoms with E-state index in [-0.39, 0.29) is 19.0 Å². The molecule has 1 aromatic heterocycles. The zero-order valence-electron chi connectivity index (χ0n) is 9.71. The van der Waals surface area contributed by atoms with Crippen LogP contribution in [0, 0.1) is 0 Å². The monoisotopic (exact) mass is 241 g/mol. The highest BCUT2D eigenvalue weighted by molar-refractivity contribution is 5.85. The van der Waals surface area contributed by atoms with Gasteiger partial charge in [-0.2, -0.15) is 0 Å². The van der Waals surface area contributed by atoms with Gasteiger partial charge in [-0.25, -0.2) is 14.8 Å². The van der Waals surface area contributed by atoms with E-state index in [9.17, 15) is 9.90 Å². The molecule has 0 radical (unpaired) electrons. The number of aliphatic hydroxyl groups is 1. The van der Waals surface area contributed by atoms with Crippen LogP contribution in [0.2, 0.25) is 0 Å². The Kier molecular flexibility index (Phi) is 5.31. The molecular formula is C10H15N3O4. The lowest BCUT2D eigenvalue weighted by Gasteiger charge is -2.11. The van der Waals surface area contributed by atoms with Gasteiger partial charge in [0.2, 0.25) is 5.82 Å². The van der Waals surface area contributed by atoms with E-state index in [1.807, 2.05) is 0 Å². The SMILES string of the molecule is COCC(O)CNc1ccnc(C(=O)OC)n1. The molecule has 0 amide bonds. The van der Waals surface area contributed by atoms with Gasteiger partial charge in [0, 0.05) is 19.9 Å². The molecule has 1 aromatic rings. The smallest absolute Gasteiger partial charge is 0.376 e. The molecule has 17 heavy (non-hydrogen) atoms. The third-order valence-corrected chi connectivity index (χ3v) is 1.90. The molecule has 0 aliphatic carbocycles. The fourth-order valence-corrected chi connectivity index (χ4v) is 1.12. The van der Waals surface area contributed by atoms with E-state index in [0.717, 1.165) is 0 Å². The first-order valence-corrected chi connectivity index (χ1v) is 4.99. The van der Waals surface area contributed by atoms with Gasteiger partial charge in [-0.1, -0.05) is 0 Å². The number of hydrogen-bond donors (Lipinski definition) is 2. The number of aromatic nitrogens is 2. The number of nitrogens with zero attached hydrogens (tertiary/aromatic N) is 2. The normalized spacial score (nSPS) is 11.9. The molecule has 2 N–H and O–H groups in total. The van der Waals surface area contributed by atoms with Crippen LogP contribution in [0.1, 0.15) is 10.6 Å². The summed E-state index contributed by atoms with van der Waals surface area (Å²) in [7, 11) is 2.76. The Hall–Kier alpha value is -1.73. The van der Waals surface area contributed by atoms with Gasteiger partial charge in [-0.3, -0.25) is 0 Å². The number of hydrogen-bond acceptors (Lipinski definition) is 7. The molecule has 0 spiro atoms. The van der Waals surface area contributed by atoms with E-state index in [2.05, 4.69) is 20.0 Å². The van der Waals surface area contributed by atoms with Crippen LogP contribution in [0.15, 0.2) is 12.3 Å². The first-order valence-electron chi connectivity index (χ1n) is 4.99. The van der Waals surface area contributed by atoms with Crippen molar-refractivity contribution in [3.05, 3.63) is 18.1 Å². The van der Waals surface area contributed by atoms with Crippen LogP contribution in [0.5, 0.6) is 0 Å². The van der Waals surface area contributed by atoms with Gasteiger partial charge in [-0.05, 0) is 6.07 Å². The van der Waals surface area contributed by atoms with Gasteiger partial charge in [0.1, 0.15) is 5.82 Å². The largest absolute Gasteiger partial charge is 0.463 e. The fraction of sp³-hybridized carbons (Fsp3) is 0.500. The van der Waals surface area contributed by atoms with Crippen LogP contribution in [-0.2, 0) is 9.47 Å². The quantitative estimate of drug-likeness (QED) is 0.659. The van der Waals surface area contributed by atoms with Crippen molar-refractivity contribution in [1.29, 1.82) is 0 Å². The molecule has 0 aliphatic heterocycles. The third kappa shape index (κ3) is 4.33. The Morgan fingerprint density at radius 3 is 3.00 bits per heavy atom. The van der Waals surface area contributed by atoms with Crippen LogP contribution in [0.25, 0.3) is 0 Å². The van der Waals surface area contributed by atoms with Crippen molar-refractivity contribution >= 4 is 11.8 Å². The zero-order chi connectivity index (χ0) is 12.7. The highest BCUT2D eigenvalue weighted by Gasteiger charge is 2.10. The van der Waals surface area contributed by atoms with Crippen LogP contribution >= 0.6 is 0 Å². The Morgan fingerprint density at radius 2 is 2.35 bits per heavy atom. The van der Waals surface area contributed by atoms with Crippen molar-refractivity contribution in [2.75, 3.05) is 32.7 Å². The summed E-state index contributed by atoms with van der Waals surface area (Å²) in [5, 5.41) is 12.3. The van der Waals surface area contributed by atoms with Gasteiger partial charge >= 0.3 is 5.97 Å². The van der Waals surface area contributed by atoms with Crippen molar-refractivity contribution in [3.8, 4) is 0 Å². The summed E-state index contributed by atoms with van der Waals surface area (Å²) in [6.45, 7) is 0.493. The Labute approximate surface area is 98.8 Å². The predicted octanol–water partition coefficient (Wildman–Crippen LogP) is -0.318. The molecule has 1 heterocycles. The molecule has 0 bridgehead atoms. The van der Waals surface area contributed by atoms with Crippen LogP contribution in [0.4, 0.5) is 5.82 Å². The lowest BCUT2D eigenvalue weighted by molar-refractivity contribution is 0.0587. The fourth-order valence-electron chi connectivity index (χ4n) is 1.12. The Bertz CT molecular complexity index is 372. The van der Waals surface area contributed by atoms with Gasteiger partial charge in [-0.15, -0.1) is 0 Å². The first kappa shape index (κ1) is 13.3. The molecule has 1 atom stereocenters. The Balaban J connectivity index is 2.57. The molecule has 0 fully saturated rings. The van der Waals surface area contributed by atoms with E-state index in [1.165, 1.54) is 20.4 Å². The second-order valence-electron chi connectivity index (χ2n) is 3.25. The molecule has 0 saturated carbocycles. The highest BCUT2D eigenvalue weighted by Crippen LogP contribution is 2.03. The van der Waals surface area contributed by atoms with Crippen molar-refractivity contribution < 1.29 is 19.4 Å². The summed E-state index contributed by atoms with van der Waals surface area (Å²) >= 11 is 0. The first-order chi connectivity index (χ1) is 8.17. The number of nitrogens with one attached hydrogen (secondary N) is 1. The van der Waals surface area contributed by atoms with E-state index in [4.69, 9.17) is 4.74 Å². The number of methoxy groups -OCH3 is 2. The molecular weight excluding hydrogens is 226 g/mol. The standard InChI is InChI=1S/C10H15N3O4/c1-16-6-7(14)5-12-8-3-4-11-9(13-8)10(15)17-2/h3-4,7,14H,5-6H2,1-2H3,(H,11,12,13).